The van der Waals surface area contributed by atoms with Crippen LogP contribution in [0.25, 0.3) is 0 Å². The van der Waals surface area contributed by atoms with Crippen LogP contribution in [0.4, 0.5) is 0 Å². The highest BCUT2D eigenvalue weighted by molar-refractivity contribution is 7.92. The summed E-state index contributed by atoms with van der Waals surface area (Å²) < 4.78 is 27.7. The molecule has 2 aromatic rings. The number of carbonyl (C=O) groups is 1. The van der Waals surface area contributed by atoms with E-state index in [0.29, 0.717) is 37.3 Å². The Morgan fingerprint density at radius 2 is 2.04 bits per heavy atom. The number of amides is 1. The van der Waals surface area contributed by atoms with Crippen molar-refractivity contribution < 1.29 is 13.2 Å². The minimum absolute atomic E-state index is 0.0130. The third-order valence-electron chi connectivity index (χ3n) is 4.65. The number of aromatic amines is 1. The molecule has 1 amide bonds. The van der Waals surface area contributed by atoms with Crippen molar-refractivity contribution >= 4 is 27.3 Å². The standard InChI is InChI=1S/C15H21N5O3S2/c1-4-11-9(2)12(17-16-11)14(21)20-7-5-10(6-8-20)13-15(24-19-18-13)25(3,22)23/h10H,4-8H2,1-3H3,(H,16,17). The maximum atomic E-state index is 12.7. The topological polar surface area (TPSA) is 109 Å². The fraction of sp³-hybridized carbons (Fsp3) is 0.600. The highest BCUT2D eigenvalue weighted by Gasteiger charge is 2.31. The molecule has 0 saturated carbocycles. The lowest BCUT2D eigenvalue weighted by Crippen LogP contribution is -2.38. The van der Waals surface area contributed by atoms with Crippen LogP contribution in [0.5, 0.6) is 0 Å². The van der Waals surface area contributed by atoms with E-state index in [0.717, 1.165) is 29.2 Å². The molecule has 1 fully saturated rings. The van der Waals surface area contributed by atoms with Crippen molar-refractivity contribution in [1.82, 2.24) is 24.7 Å². The van der Waals surface area contributed by atoms with Gasteiger partial charge in [-0.05, 0) is 26.2 Å². The van der Waals surface area contributed by atoms with Gasteiger partial charge in [-0.1, -0.05) is 11.4 Å². The second kappa shape index (κ2) is 6.83. The minimum atomic E-state index is -3.32. The van der Waals surface area contributed by atoms with Gasteiger partial charge in [0.15, 0.2) is 19.7 Å². The molecule has 1 aliphatic heterocycles. The number of nitrogens with one attached hydrogen (secondary N) is 1. The Hall–Kier alpha value is -1.81. The van der Waals surface area contributed by atoms with Gasteiger partial charge in [0.05, 0.1) is 5.69 Å². The number of aryl methyl sites for hydroxylation is 1. The molecular formula is C15H21N5O3S2. The normalized spacial score (nSPS) is 16.4. The Morgan fingerprint density at radius 1 is 1.36 bits per heavy atom. The maximum absolute atomic E-state index is 12.7. The van der Waals surface area contributed by atoms with E-state index in [1.54, 1.807) is 4.90 Å². The number of aromatic nitrogens is 4. The number of carbonyl (C=O) groups excluding carboxylic acids is 1. The lowest BCUT2D eigenvalue weighted by atomic mass is 9.94. The van der Waals surface area contributed by atoms with Crippen molar-refractivity contribution in [1.29, 1.82) is 0 Å². The summed E-state index contributed by atoms with van der Waals surface area (Å²) in [6.45, 7) is 5.03. The summed E-state index contributed by atoms with van der Waals surface area (Å²) in [5.41, 5.74) is 2.90. The largest absolute Gasteiger partial charge is 0.337 e. The second-order valence-electron chi connectivity index (χ2n) is 6.31. The van der Waals surface area contributed by atoms with Crippen LogP contribution in [0.2, 0.25) is 0 Å². The zero-order chi connectivity index (χ0) is 18.2. The fourth-order valence-electron chi connectivity index (χ4n) is 3.19. The number of sulfone groups is 1. The Bertz CT molecular complexity index is 879. The molecule has 1 aliphatic rings. The van der Waals surface area contributed by atoms with E-state index < -0.39 is 9.84 Å². The van der Waals surface area contributed by atoms with Crippen molar-refractivity contribution in [3.8, 4) is 0 Å². The van der Waals surface area contributed by atoms with Gasteiger partial charge in [-0.3, -0.25) is 9.89 Å². The third kappa shape index (κ3) is 3.45. The number of likely N-dealkylation sites (tertiary alicyclic amines) is 1. The Morgan fingerprint density at radius 3 is 2.60 bits per heavy atom. The average Bonchev–Trinajstić information content (AvgIpc) is 3.20. The fourth-order valence-corrected chi connectivity index (χ4v) is 4.92. The number of hydrogen-bond acceptors (Lipinski definition) is 7. The van der Waals surface area contributed by atoms with Gasteiger partial charge in [-0.15, -0.1) is 5.10 Å². The van der Waals surface area contributed by atoms with E-state index >= 15 is 0 Å². The van der Waals surface area contributed by atoms with Crippen LogP contribution in [0.1, 0.15) is 53.1 Å². The highest BCUT2D eigenvalue weighted by atomic mass is 32.2. The molecule has 136 valence electrons. The third-order valence-corrected chi connectivity index (χ3v) is 7.21. The van der Waals surface area contributed by atoms with Gasteiger partial charge in [-0.2, -0.15) is 5.10 Å². The Balaban J connectivity index is 1.71. The van der Waals surface area contributed by atoms with E-state index in [4.69, 9.17) is 0 Å². The molecule has 1 N–H and O–H groups in total. The number of nitrogens with zero attached hydrogens (tertiary/aromatic N) is 4. The predicted molar refractivity (Wildman–Crippen MR) is 93.6 cm³/mol. The molecule has 0 unspecified atom stereocenters. The number of H-pyrrole nitrogens is 1. The summed E-state index contributed by atoms with van der Waals surface area (Å²) in [7, 11) is -3.32. The van der Waals surface area contributed by atoms with Gasteiger partial charge in [0.1, 0.15) is 0 Å². The van der Waals surface area contributed by atoms with E-state index in [1.807, 2.05) is 13.8 Å². The smallest absolute Gasteiger partial charge is 0.274 e. The van der Waals surface area contributed by atoms with E-state index in [1.165, 1.54) is 6.26 Å². The van der Waals surface area contributed by atoms with Gasteiger partial charge >= 0.3 is 0 Å². The molecule has 0 aromatic carbocycles. The maximum Gasteiger partial charge on any atom is 0.274 e. The Labute approximate surface area is 150 Å². The predicted octanol–water partition coefficient (Wildman–Crippen LogP) is 1.56. The molecule has 3 heterocycles. The van der Waals surface area contributed by atoms with Crippen LogP contribution in [-0.4, -0.2) is 58.4 Å². The van der Waals surface area contributed by atoms with Gasteiger partial charge in [0.25, 0.3) is 5.91 Å². The molecule has 0 atom stereocenters. The zero-order valence-electron chi connectivity index (χ0n) is 14.4. The second-order valence-corrected chi connectivity index (χ2v) is 9.28. The van der Waals surface area contributed by atoms with E-state index in [9.17, 15) is 13.2 Å². The number of piperidine rings is 1. The lowest BCUT2D eigenvalue weighted by Gasteiger charge is -2.31. The van der Waals surface area contributed by atoms with Crippen LogP contribution in [0.15, 0.2) is 4.21 Å². The van der Waals surface area contributed by atoms with Gasteiger partial charge in [0.2, 0.25) is 0 Å². The van der Waals surface area contributed by atoms with Crippen LogP contribution in [-0.2, 0) is 16.3 Å². The molecule has 2 aromatic heterocycles. The summed E-state index contributed by atoms with van der Waals surface area (Å²) in [4.78, 5) is 14.5. The number of hydrogen-bond donors (Lipinski definition) is 1. The summed E-state index contributed by atoms with van der Waals surface area (Å²) in [6.07, 6.45) is 3.32. The van der Waals surface area contributed by atoms with Crippen molar-refractivity contribution in [2.75, 3.05) is 19.3 Å². The molecule has 1 saturated heterocycles. The van der Waals surface area contributed by atoms with E-state index in [-0.39, 0.29) is 16.0 Å². The van der Waals surface area contributed by atoms with Crippen molar-refractivity contribution in [2.45, 2.75) is 43.2 Å². The molecule has 0 aliphatic carbocycles. The summed E-state index contributed by atoms with van der Waals surface area (Å²) in [5.74, 6) is -0.0642. The monoisotopic (exact) mass is 383 g/mol. The summed E-state index contributed by atoms with van der Waals surface area (Å²) in [5, 5.41) is 11.1. The summed E-state index contributed by atoms with van der Waals surface area (Å²) in [6, 6.07) is 0. The number of rotatable bonds is 4. The van der Waals surface area contributed by atoms with Crippen molar-refractivity contribution in [2.24, 2.45) is 0 Å². The molecule has 0 bridgehead atoms. The quantitative estimate of drug-likeness (QED) is 0.858. The minimum Gasteiger partial charge on any atom is -0.337 e. The van der Waals surface area contributed by atoms with Gasteiger partial charge in [-0.25, -0.2) is 8.42 Å². The zero-order valence-corrected chi connectivity index (χ0v) is 16.1. The molecule has 25 heavy (non-hydrogen) atoms. The van der Waals surface area contributed by atoms with Crippen LogP contribution < -0.4 is 0 Å². The molecule has 0 radical (unpaired) electrons. The van der Waals surface area contributed by atoms with Crippen molar-refractivity contribution in [3.63, 3.8) is 0 Å². The van der Waals surface area contributed by atoms with Crippen LogP contribution in [0.3, 0.4) is 0 Å². The van der Waals surface area contributed by atoms with Gasteiger partial charge in [0, 0.05) is 48.1 Å². The first-order valence-corrected chi connectivity index (χ1v) is 10.8. The molecule has 0 spiro atoms. The van der Waals surface area contributed by atoms with Crippen LogP contribution >= 0.6 is 11.5 Å². The molecular weight excluding hydrogens is 362 g/mol. The first-order chi connectivity index (χ1) is 11.8. The first kappa shape index (κ1) is 18.0. The van der Waals surface area contributed by atoms with Crippen LogP contribution in [0, 0.1) is 6.92 Å². The molecule has 10 heteroatoms. The molecule has 3 rings (SSSR count). The average molecular weight is 383 g/mol. The lowest BCUT2D eigenvalue weighted by molar-refractivity contribution is 0.0704. The SMILES string of the molecule is CCc1[nH]nc(C(=O)N2CCC(c3nnsc3S(C)(=O)=O)CC2)c1C. The van der Waals surface area contributed by atoms with Crippen molar-refractivity contribution in [3.05, 3.63) is 22.6 Å². The Kier molecular flexibility index (Phi) is 4.92. The highest BCUT2D eigenvalue weighted by Crippen LogP contribution is 2.33. The summed E-state index contributed by atoms with van der Waals surface area (Å²) >= 11 is 0.918. The molecule has 8 nitrogen and oxygen atoms in total. The van der Waals surface area contributed by atoms with E-state index in [2.05, 4.69) is 19.8 Å². The first-order valence-electron chi connectivity index (χ1n) is 8.18. The van der Waals surface area contributed by atoms with Gasteiger partial charge < -0.3 is 4.90 Å².